The highest BCUT2D eigenvalue weighted by atomic mass is 35.5. The minimum Gasteiger partial charge on any atom is -0.390 e. The highest BCUT2D eigenvalue weighted by Crippen LogP contribution is 2.06. The molecular weight excluding hydrogens is 289 g/mol. The van der Waals surface area contributed by atoms with E-state index in [0.29, 0.717) is 25.9 Å². The van der Waals surface area contributed by atoms with Crippen molar-refractivity contribution in [2.24, 2.45) is 0 Å². The fourth-order valence-corrected chi connectivity index (χ4v) is 1.61. The Hall–Kier alpha value is 0.280. The Morgan fingerprint density at radius 3 is 1.28 bits per heavy atom. The van der Waals surface area contributed by atoms with Crippen LogP contribution in [0.4, 0.5) is 8.78 Å². The number of hydrogen-bond donors (Lipinski definition) is 4. The van der Waals surface area contributed by atoms with Crippen LogP contribution in [0.1, 0.15) is 12.8 Å². The third-order valence-corrected chi connectivity index (χ3v) is 2.75. The molecule has 8 heteroatoms. The van der Waals surface area contributed by atoms with Crippen LogP contribution < -0.4 is 10.6 Å². The summed E-state index contributed by atoms with van der Waals surface area (Å²) in [5.74, 6) is 0. The molecule has 4 N–H and O–H groups in total. The van der Waals surface area contributed by atoms with Crippen LogP contribution in [0.5, 0.6) is 0 Å². The summed E-state index contributed by atoms with van der Waals surface area (Å²) in [6.07, 6.45) is -2.47. The van der Waals surface area contributed by atoms with Gasteiger partial charge in [0.2, 0.25) is 0 Å². The van der Waals surface area contributed by atoms with E-state index in [9.17, 15) is 8.78 Å². The maximum Gasteiger partial charge on any atom is 0.138 e. The van der Waals surface area contributed by atoms with Crippen LogP contribution in [-0.2, 0) is 0 Å². The Kier molecular flexibility index (Phi) is 12.7. The molecule has 4 atom stereocenters. The lowest BCUT2D eigenvalue weighted by atomic mass is 10.1. The van der Waals surface area contributed by atoms with Crippen molar-refractivity contribution in [2.75, 3.05) is 26.2 Å². The lowest BCUT2D eigenvalue weighted by Crippen LogP contribution is -2.41. The van der Waals surface area contributed by atoms with Gasteiger partial charge >= 0.3 is 0 Å². The van der Waals surface area contributed by atoms with Gasteiger partial charge in [-0.2, -0.15) is 0 Å². The molecular formula is C10H22Cl2F2N2O2. The number of rotatable bonds is 0. The molecule has 0 amide bonds. The van der Waals surface area contributed by atoms with Crippen molar-refractivity contribution in [3.05, 3.63) is 0 Å². The molecule has 2 aliphatic heterocycles. The van der Waals surface area contributed by atoms with E-state index in [4.69, 9.17) is 10.2 Å². The zero-order valence-electron chi connectivity index (χ0n) is 10.0. The molecule has 2 fully saturated rings. The molecule has 2 aliphatic rings. The summed E-state index contributed by atoms with van der Waals surface area (Å²) in [4.78, 5) is 0. The van der Waals surface area contributed by atoms with Gasteiger partial charge in [-0.15, -0.1) is 24.8 Å². The predicted octanol–water partition coefficient (Wildman–Crippen LogP) is 0.201. The second-order valence-electron chi connectivity index (χ2n) is 4.15. The minimum absolute atomic E-state index is 0. The highest BCUT2D eigenvalue weighted by Gasteiger charge is 2.21. The number of aliphatic hydroxyl groups is 2. The molecule has 0 radical (unpaired) electrons. The van der Waals surface area contributed by atoms with E-state index in [1.807, 2.05) is 0 Å². The van der Waals surface area contributed by atoms with Gasteiger partial charge in [0.05, 0.1) is 12.2 Å². The van der Waals surface area contributed by atoms with E-state index in [1.54, 1.807) is 0 Å². The van der Waals surface area contributed by atoms with Crippen molar-refractivity contribution in [2.45, 2.75) is 37.4 Å². The molecule has 112 valence electrons. The second-order valence-corrected chi connectivity index (χ2v) is 4.15. The van der Waals surface area contributed by atoms with Gasteiger partial charge in [-0.25, -0.2) is 8.78 Å². The molecule has 2 rings (SSSR count). The summed E-state index contributed by atoms with van der Waals surface area (Å²) in [6, 6.07) is 0. The summed E-state index contributed by atoms with van der Waals surface area (Å²) >= 11 is 0. The van der Waals surface area contributed by atoms with Crippen molar-refractivity contribution in [1.82, 2.24) is 10.6 Å². The van der Waals surface area contributed by atoms with E-state index in [0.717, 1.165) is 13.1 Å². The molecule has 2 saturated heterocycles. The quantitative estimate of drug-likeness (QED) is 0.516. The fourth-order valence-electron chi connectivity index (χ4n) is 1.61. The number of piperidine rings is 2. The van der Waals surface area contributed by atoms with Crippen molar-refractivity contribution < 1.29 is 19.0 Å². The molecule has 4 nitrogen and oxygen atoms in total. The number of aliphatic hydroxyl groups excluding tert-OH is 2. The Bertz CT molecular complexity index is 167. The smallest absolute Gasteiger partial charge is 0.138 e. The topological polar surface area (TPSA) is 64.5 Å². The average molecular weight is 311 g/mol. The van der Waals surface area contributed by atoms with Gasteiger partial charge < -0.3 is 20.8 Å². The lowest BCUT2D eigenvalue weighted by Gasteiger charge is -2.21. The normalized spacial score (nSPS) is 35.3. The molecule has 0 aromatic carbocycles. The first-order valence-corrected chi connectivity index (χ1v) is 5.67. The van der Waals surface area contributed by atoms with Gasteiger partial charge in [-0.3, -0.25) is 0 Å². The van der Waals surface area contributed by atoms with Crippen LogP contribution in [0.3, 0.4) is 0 Å². The molecule has 0 aliphatic carbocycles. The molecule has 18 heavy (non-hydrogen) atoms. The minimum atomic E-state index is -1.05. The standard InChI is InChI=1S/2C5H10FNO.2ClH/c2*6-4-3-7-2-1-5(4)8;;/h2*4-5,7-8H,1-3H2;2*1H/t2*4-,5+;;/m10../s1. The van der Waals surface area contributed by atoms with Crippen LogP contribution >= 0.6 is 24.8 Å². The third-order valence-electron chi connectivity index (χ3n) is 2.75. The van der Waals surface area contributed by atoms with Crippen LogP contribution in [0, 0.1) is 0 Å². The van der Waals surface area contributed by atoms with Gasteiger partial charge in [0.25, 0.3) is 0 Å². The first kappa shape index (κ1) is 20.6. The summed E-state index contributed by atoms with van der Waals surface area (Å²) in [6.45, 7) is 2.09. The SMILES string of the molecule is Cl.Cl.O[C@@H]1CCNC[C@@H]1F.O[C@H]1CCNC[C@H]1F. The molecule has 0 bridgehead atoms. The number of halogens is 4. The Balaban J connectivity index is 0. The first-order valence-electron chi connectivity index (χ1n) is 5.67. The monoisotopic (exact) mass is 310 g/mol. The summed E-state index contributed by atoms with van der Waals surface area (Å²) in [7, 11) is 0. The molecule has 0 saturated carbocycles. The zero-order chi connectivity index (χ0) is 12.0. The van der Waals surface area contributed by atoms with Crippen LogP contribution in [-0.4, -0.2) is 60.9 Å². The van der Waals surface area contributed by atoms with Crippen molar-refractivity contribution >= 4 is 24.8 Å². The van der Waals surface area contributed by atoms with E-state index in [-0.39, 0.29) is 24.8 Å². The Labute approximate surface area is 118 Å². The van der Waals surface area contributed by atoms with Crippen molar-refractivity contribution in [3.8, 4) is 0 Å². The van der Waals surface area contributed by atoms with Crippen LogP contribution in [0.25, 0.3) is 0 Å². The highest BCUT2D eigenvalue weighted by molar-refractivity contribution is 5.85. The maximum absolute atomic E-state index is 12.3. The average Bonchev–Trinajstić information content (AvgIpc) is 2.28. The summed E-state index contributed by atoms with van der Waals surface area (Å²) in [5.41, 5.74) is 0. The number of nitrogens with one attached hydrogen (secondary N) is 2. The molecule has 0 unspecified atom stereocenters. The maximum atomic E-state index is 12.3. The largest absolute Gasteiger partial charge is 0.390 e. The van der Waals surface area contributed by atoms with Gasteiger partial charge in [0.15, 0.2) is 0 Å². The van der Waals surface area contributed by atoms with Gasteiger partial charge in [0.1, 0.15) is 12.3 Å². The predicted molar refractivity (Wildman–Crippen MR) is 71.3 cm³/mol. The van der Waals surface area contributed by atoms with Crippen molar-refractivity contribution in [1.29, 1.82) is 0 Å². The second kappa shape index (κ2) is 11.1. The Morgan fingerprint density at radius 2 is 1.11 bits per heavy atom. The fraction of sp³-hybridized carbons (Fsp3) is 1.00. The number of hydrogen-bond acceptors (Lipinski definition) is 4. The zero-order valence-corrected chi connectivity index (χ0v) is 11.7. The van der Waals surface area contributed by atoms with E-state index < -0.39 is 24.6 Å². The van der Waals surface area contributed by atoms with E-state index in [2.05, 4.69) is 10.6 Å². The third kappa shape index (κ3) is 7.66. The van der Waals surface area contributed by atoms with Crippen molar-refractivity contribution in [3.63, 3.8) is 0 Å². The summed E-state index contributed by atoms with van der Waals surface area (Å²) in [5, 5.41) is 23.2. The molecule has 0 aromatic rings. The molecule has 0 aromatic heterocycles. The van der Waals surface area contributed by atoms with Crippen LogP contribution in [0.15, 0.2) is 0 Å². The van der Waals surface area contributed by atoms with E-state index >= 15 is 0 Å². The number of alkyl halides is 2. The molecule has 0 spiro atoms. The van der Waals surface area contributed by atoms with Gasteiger partial charge in [-0.1, -0.05) is 0 Å². The van der Waals surface area contributed by atoms with Gasteiger partial charge in [-0.05, 0) is 25.9 Å². The van der Waals surface area contributed by atoms with Crippen LogP contribution in [0.2, 0.25) is 0 Å². The summed E-state index contributed by atoms with van der Waals surface area (Å²) < 4.78 is 24.5. The Morgan fingerprint density at radius 1 is 0.778 bits per heavy atom. The van der Waals surface area contributed by atoms with Gasteiger partial charge in [0, 0.05) is 13.1 Å². The van der Waals surface area contributed by atoms with E-state index in [1.165, 1.54) is 0 Å². The lowest BCUT2D eigenvalue weighted by molar-refractivity contribution is 0.0531. The first-order chi connectivity index (χ1) is 7.61. The molecule has 2 heterocycles.